The maximum absolute atomic E-state index is 4.65. The van der Waals surface area contributed by atoms with E-state index in [4.69, 9.17) is 0 Å². The molecule has 2 aromatic rings. The van der Waals surface area contributed by atoms with E-state index in [0.29, 0.717) is 0 Å². The predicted octanol–water partition coefficient (Wildman–Crippen LogP) is 2.63. The average molecular weight is 215 g/mol. The van der Waals surface area contributed by atoms with Gasteiger partial charge in [0, 0.05) is 18.1 Å². The Morgan fingerprint density at radius 3 is 3.31 bits per heavy atom. The van der Waals surface area contributed by atoms with Gasteiger partial charge < -0.3 is 4.40 Å². The van der Waals surface area contributed by atoms with Crippen LogP contribution >= 0.6 is 0 Å². The Hall–Kier alpha value is -1.38. The van der Waals surface area contributed by atoms with Crippen LogP contribution in [0.1, 0.15) is 37.6 Å². The van der Waals surface area contributed by atoms with Crippen molar-refractivity contribution in [1.29, 1.82) is 0 Å². The predicted molar refractivity (Wildman–Crippen MR) is 63.4 cm³/mol. The summed E-state index contributed by atoms with van der Waals surface area (Å²) in [6.45, 7) is 2.27. The van der Waals surface area contributed by atoms with E-state index in [1.807, 2.05) is 18.6 Å². The van der Waals surface area contributed by atoms with Gasteiger partial charge in [-0.15, -0.1) is 0 Å². The zero-order valence-corrected chi connectivity index (χ0v) is 9.69. The zero-order chi connectivity index (χ0) is 11.0. The highest BCUT2D eigenvalue weighted by Gasteiger charge is 2.22. The summed E-state index contributed by atoms with van der Waals surface area (Å²) < 4.78 is 2.21. The molecule has 0 aromatic carbocycles. The minimum atomic E-state index is 0.852. The molecule has 0 saturated heterocycles. The van der Waals surface area contributed by atoms with Gasteiger partial charge in [-0.1, -0.05) is 19.8 Å². The second-order valence-electron chi connectivity index (χ2n) is 4.71. The van der Waals surface area contributed by atoms with Gasteiger partial charge >= 0.3 is 0 Å². The Kier molecular flexibility index (Phi) is 2.39. The highest BCUT2D eigenvalue weighted by Crippen LogP contribution is 2.28. The van der Waals surface area contributed by atoms with Crippen LogP contribution in [0.3, 0.4) is 0 Å². The Balaban J connectivity index is 2.01. The number of aromatic nitrogens is 3. The topological polar surface area (TPSA) is 30.2 Å². The van der Waals surface area contributed by atoms with Gasteiger partial charge in [-0.25, -0.2) is 4.98 Å². The number of aryl methyl sites for hydroxylation is 1. The summed E-state index contributed by atoms with van der Waals surface area (Å²) in [7, 11) is 0. The van der Waals surface area contributed by atoms with Crippen molar-refractivity contribution in [3.63, 3.8) is 0 Å². The van der Waals surface area contributed by atoms with E-state index in [1.54, 1.807) is 0 Å². The molecule has 16 heavy (non-hydrogen) atoms. The molecule has 0 aliphatic heterocycles. The first kappa shape index (κ1) is 9.82. The van der Waals surface area contributed by atoms with Crippen LogP contribution in [0.25, 0.3) is 5.65 Å². The summed E-state index contributed by atoms with van der Waals surface area (Å²) in [5, 5.41) is 0. The van der Waals surface area contributed by atoms with Crippen molar-refractivity contribution >= 4 is 5.65 Å². The van der Waals surface area contributed by atoms with Crippen molar-refractivity contribution in [3.8, 4) is 0 Å². The lowest BCUT2D eigenvalue weighted by molar-refractivity contribution is 0.414. The molecule has 0 spiro atoms. The molecule has 1 aliphatic rings. The van der Waals surface area contributed by atoms with Gasteiger partial charge in [-0.3, -0.25) is 4.98 Å². The molecule has 0 bridgehead atoms. The van der Waals surface area contributed by atoms with Crippen molar-refractivity contribution in [2.24, 2.45) is 5.92 Å². The van der Waals surface area contributed by atoms with Crippen molar-refractivity contribution in [2.45, 2.75) is 39.0 Å². The largest absolute Gasteiger partial charge is 0.301 e. The summed E-state index contributed by atoms with van der Waals surface area (Å²) >= 11 is 0. The molecule has 0 radical (unpaired) electrons. The third-order valence-corrected chi connectivity index (χ3v) is 3.58. The number of hydrogen-bond donors (Lipinski definition) is 0. The van der Waals surface area contributed by atoms with Crippen LogP contribution in [-0.4, -0.2) is 14.4 Å². The quantitative estimate of drug-likeness (QED) is 0.771. The van der Waals surface area contributed by atoms with Crippen LogP contribution in [0.5, 0.6) is 0 Å². The molecule has 84 valence electrons. The average Bonchev–Trinajstić information content (AvgIpc) is 2.68. The van der Waals surface area contributed by atoms with Crippen molar-refractivity contribution in [3.05, 3.63) is 30.0 Å². The lowest BCUT2D eigenvalue weighted by Crippen LogP contribution is -2.15. The van der Waals surface area contributed by atoms with Gasteiger partial charge in [-0.05, 0) is 25.2 Å². The number of hydrogen-bond acceptors (Lipinski definition) is 2. The fourth-order valence-corrected chi connectivity index (χ4v) is 2.79. The normalized spacial score (nSPS) is 19.9. The van der Waals surface area contributed by atoms with E-state index in [2.05, 4.69) is 21.3 Å². The van der Waals surface area contributed by atoms with Crippen molar-refractivity contribution < 1.29 is 0 Å². The van der Waals surface area contributed by atoms with E-state index in [-0.39, 0.29) is 0 Å². The molecule has 0 N–H and O–H groups in total. The molecular weight excluding hydrogens is 198 g/mol. The minimum Gasteiger partial charge on any atom is -0.301 e. The van der Waals surface area contributed by atoms with Gasteiger partial charge in [0.1, 0.15) is 0 Å². The third kappa shape index (κ3) is 1.51. The Labute approximate surface area is 95.5 Å². The lowest BCUT2D eigenvalue weighted by Gasteiger charge is -2.21. The molecule has 3 nitrogen and oxygen atoms in total. The second-order valence-corrected chi connectivity index (χ2v) is 4.71. The Bertz CT molecular complexity index is 501. The van der Waals surface area contributed by atoms with Crippen LogP contribution in [0.15, 0.2) is 18.6 Å². The summed E-state index contributed by atoms with van der Waals surface area (Å²) in [4.78, 5) is 8.78. The number of imidazole rings is 1. The van der Waals surface area contributed by atoms with Crippen LogP contribution < -0.4 is 0 Å². The van der Waals surface area contributed by atoms with E-state index in [9.17, 15) is 0 Å². The molecule has 3 heteroatoms. The molecule has 0 amide bonds. The zero-order valence-electron chi connectivity index (χ0n) is 9.69. The Morgan fingerprint density at radius 2 is 2.44 bits per heavy atom. The molecule has 1 aliphatic carbocycles. The first-order chi connectivity index (χ1) is 7.88. The molecular formula is C13H17N3. The lowest BCUT2D eigenvalue weighted by atomic mass is 9.87. The molecule has 2 aromatic heterocycles. The third-order valence-electron chi connectivity index (χ3n) is 3.58. The van der Waals surface area contributed by atoms with Crippen LogP contribution in [0.2, 0.25) is 0 Å². The monoisotopic (exact) mass is 215 g/mol. The maximum Gasteiger partial charge on any atom is 0.155 e. The van der Waals surface area contributed by atoms with Crippen LogP contribution in [-0.2, 0) is 12.8 Å². The molecule has 0 fully saturated rings. The van der Waals surface area contributed by atoms with Crippen molar-refractivity contribution in [2.75, 3.05) is 0 Å². The number of nitrogens with zero attached hydrogens (tertiary/aromatic N) is 3. The van der Waals surface area contributed by atoms with E-state index < -0.39 is 0 Å². The molecule has 1 unspecified atom stereocenters. The summed E-state index contributed by atoms with van der Waals surface area (Å²) in [5.74, 6) is 0.852. The molecule has 3 rings (SSSR count). The summed E-state index contributed by atoms with van der Waals surface area (Å²) in [6.07, 6.45) is 12.0. The van der Waals surface area contributed by atoms with Crippen LogP contribution in [0, 0.1) is 5.92 Å². The van der Waals surface area contributed by atoms with E-state index in [0.717, 1.165) is 18.0 Å². The maximum atomic E-state index is 4.65. The SMILES string of the molecule is CCCC1CCc2nc3cnccn3c2C1. The van der Waals surface area contributed by atoms with Gasteiger partial charge in [0.25, 0.3) is 0 Å². The van der Waals surface area contributed by atoms with Gasteiger partial charge in [-0.2, -0.15) is 0 Å². The molecule has 0 saturated carbocycles. The number of rotatable bonds is 2. The Morgan fingerprint density at radius 1 is 1.50 bits per heavy atom. The van der Waals surface area contributed by atoms with Crippen molar-refractivity contribution in [1.82, 2.24) is 14.4 Å². The second kappa shape index (κ2) is 3.89. The smallest absolute Gasteiger partial charge is 0.155 e. The van der Waals surface area contributed by atoms with Gasteiger partial charge in [0.15, 0.2) is 5.65 Å². The molecule has 1 atom stereocenters. The molecule has 2 heterocycles. The highest BCUT2D eigenvalue weighted by atomic mass is 15.0. The minimum absolute atomic E-state index is 0.852. The standard InChI is InChI=1S/C13H17N3/c1-2-3-10-4-5-11-12(8-10)16-7-6-14-9-13(16)15-11/h6-7,9-10H,2-5,8H2,1H3. The fourth-order valence-electron chi connectivity index (χ4n) is 2.79. The highest BCUT2D eigenvalue weighted by molar-refractivity contribution is 5.41. The summed E-state index contributed by atoms with van der Waals surface area (Å²) in [6, 6.07) is 0. The first-order valence-electron chi connectivity index (χ1n) is 6.18. The first-order valence-corrected chi connectivity index (χ1v) is 6.18. The van der Waals surface area contributed by atoms with Gasteiger partial charge in [0.2, 0.25) is 0 Å². The number of fused-ring (bicyclic) bond motifs is 3. The van der Waals surface area contributed by atoms with E-state index in [1.165, 1.54) is 37.1 Å². The summed E-state index contributed by atoms with van der Waals surface area (Å²) in [5.41, 5.74) is 3.71. The van der Waals surface area contributed by atoms with Crippen LogP contribution in [0.4, 0.5) is 0 Å². The van der Waals surface area contributed by atoms with E-state index >= 15 is 0 Å². The fraction of sp³-hybridized carbons (Fsp3) is 0.538. The van der Waals surface area contributed by atoms with Gasteiger partial charge in [0.05, 0.1) is 11.9 Å².